The minimum absolute atomic E-state index is 0.568. The van der Waals surface area contributed by atoms with Gasteiger partial charge in [0.1, 0.15) is 5.39 Å². The average Bonchev–Trinajstić information content (AvgIpc) is 2.93. The summed E-state index contributed by atoms with van der Waals surface area (Å²) in [6.45, 7) is 4.59. The van der Waals surface area contributed by atoms with E-state index < -0.39 is 0 Å². The summed E-state index contributed by atoms with van der Waals surface area (Å²) < 4.78 is 7.46. The van der Waals surface area contributed by atoms with Crippen molar-refractivity contribution in [3.8, 4) is 11.6 Å². The van der Waals surface area contributed by atoms with E-state index in [2.05, 4.69) is 22.0 Å². The highest BCUT2D eigenvalue weighted by molar-refractivity contribution is 7.99. The number of para-hydroxylation sites is 1. The Morgan fingerprint density at radius 3 is 2.67 bits per heavy atom. The Morgan fingerprint density at radius 2 is 1.95 bits per heavy atom. The number of fused-ring (bicyclic) bond motifs is 1. The molecule has 1 aromatic carbocycles. The second kappa shape index (κ2) is 6.13. The van der Waals surface area contributed by atoms with Gasteiger partial charge in [0.2, 0.25) is 5.88 Å². The van der Waals surface area contributed by atoms with Crippen molar-refractivity contribution in [3.05, 3.63) is 36.5 Å². The second-order valence-electron chi connectivity index (χ2n) is 4.31. The van der Waals surface area contributed by atoms with Gasteiger partial charge < -0.3 is 4.74 Å². The molecule has 0 N–H and O–H groups in total. The molecule has 0 unspecified atom stereocenters. The van der Waals surface area contributed by atoms with Crippen LogP contribution in [0.4, 0.5) is 0 Å². The number of nitrogens with zero attached hydrogens (tertiary/aromatic N) is 4. The number of ether oxygens (including phenoxy) is 1. The van der Waals surface area contributed by atoms with Crippen molar-refractivity contribution in [2.45, 2.75) is 19.0 Å². The molecule has 0 saturated carbocycles. The van der Waals surface area contributed by atoms with Crippen molar-refractivity contribution in [3.63, 3.8) is 0 Å². The lowest BCUT2D eigenvalue weighted by atomic mass is 10.3. The van der Waals surface area contributed by atoms with E-state index in [1.54, 1.807) is 18.0 Å². The Hall–Kier alpha value is -2.08. The van der Waals surface area contributed by atoms with E-state index in [1.807, 2.05) is 41.9 Å². The lowest BCUT2D eigenvalue weighted by molar-refractivity contribution is 0.328. The number of hydrogen-bond acceptors (Lipinski definition) is 5. The van der Waals surface area contributed by atoms with Crippen LogP contribution in [-0.4, -0.2) is 32.1 Å². The third-order valence-electron chi connectivity index (χ3n) is 2.93. The topological polar surface area (TPSA) is 52.8 Å². The zero-order chi connectivity index (χ0) is 14.7. The van der Waals surface area contributed by atoms with E-state index in [1.165, 1.54) is 0 Å². The summed E-state index contributed by atoms with van der Waals surface area (Å²) in [5, 5.41) is 5.98. The highest BCUT2D eigenvalue weighted by Crippen LogP contribution is 2.27. The molecule has 5 nitrogen and oxygen atoms in total. The zero-order valence-corrected chi connectivity index (χ0v) is 12.8. The van der Waals surface area contributed by atoms with Gasteiger partial charge in [-0.25, -0.2) is 9.67 Å². The maximum absolute atomic E-state index is 5.64. The fraction of sp³-hybridized carbons (Fsp3) is 0.267. The maximum atomic E-state index is 5.64. The van der Waals surface area contributed by atoms with Gasteiger partial charge in [-0.1, -0.05) is 36.9 Å². The highest BCUT2D eigenvalue weighted by Gasteiger charge is 2.14. The Balaban J connectivity index is 2.19. The highest BCUT2D eigenvalue weighted by atomic mass is 32.2. The van der Waals surface area contributed by atoms with Gasteiger partial charge in [0.15, 0.2) is 10.8 Å². The normalized spacial score (nSPS) is 11.0. The van der Waals surface area contributed by atoms with Crippen molar-refractivity contribution in [1.29, 1.82) is 0 Å². The molecule has 108 valence electrons. The predicted molar refractivity (Wildman–Crippen MR) is 84.2 cm³/mol. The number of thioether (sulfide) groups is 1. The van der Waals surface area contributed by atoms with Crippen LogP contribution < -0.4 is 4.74 Å². The van der Waals surface area contributed by atoms with Crippen LogP contribution in [0.15, 0.2) is 41.7 Å². The van der Waals surface area contributed by atoms with E-state index >= 15 is 0 Å². The smallest absolute Gasteiger partial charge is 0.228 e. The number of benzene rings is 1. The van der Waals surface area contributed by atoms with Crippen LogP contribution in [0, 0.1) is 0 Å². The number of aromatic nitrogens is 4. The van der Waals surface area contributed by atoms with Gasteiger partial charge >= 0.3 is 0 Å². The Morgan fingerprint density at radius 1 is 1.14 bits per heavy atom. The summed E-state index contributed by atoms with van der Waals surface area (Å²) in [6, 6.07) is 9.95. The molecule has 6 heteroatoms. The molecule has 0 saturated heterocycles. The van der Waals surface area contributed by atoms with Crippen molar-refractivity contribution >= 4 is 22.8 Å². The van der Waals surface area contributed by atoms with Gasteiger partial charge in [0.05, 0.1) is 18.5 Å². The molecule has 0 amide bonds. The molecular formula is C15H16N4OS. The SMILES string of the molecule is CCOc1nc(SCC)nc2c1cnn2-c1ccccc1. The molecule has 0 fully saturated rings. The predicted octanol–water partition coefficient (Wildman–Crippen LogP) is 3.33. The van der Waals surface area contributed by atoms with E-state index in [9.17, 15) is 0 Å². The summed E-state index contributed by atoms with van der Waals surface area (Å²) in [5.41, 5.74) is 1.75. The van der Waals surface area contributed by atoms with E-state index in [4.69, 9.17) is 4.74 Å². The standard InChI is InChI=1S/C15H16N4OS/c1-3-20-14-12-10-16-19(11-8-6-5-7-9-11)13(12)17-15(18-14)21-4-2/h5-10H,3-4H2,1-2H3. The quantitative estimate of drug-likeness (QED) is 0.534. The molecule has 2 heterocycles. The molecule has 0 aliphatic heterocycles. The van der Waals surface area contributed by atoms with Gasteiger partial charge in [-0.3, -0.25) is 0 Å². The van der Waals surface area contributed by atoms with Crippen LogP contribution in [-0.2, 0) is 0 Å². The Bertz CT molecular complexity index is 742. The summed E-state index contributed by atoms with van der Waals surface area (Å²) in [7, 11) is 0. The first-order valence-electron chi connectivity index (χ1n) is 6.90. The van der Waals surface area contributed by atoms with Gasteiger partial charge in [-0.05, 0) is 24.8 Å². The van der Waals surface area contributed by atoms with Crippen LogP contribution in [0.3, 0.4) is 0 Å². The van der Waals surface area contributed by atoms with Crippen LogP contribution >= 0.6 is 11.8 Å². The monoisotopic (exact) mass is 300 g/mol. The van der Waals surface area contributed by atoms with E-state index in [0.29, 0.717) is 17.6 Å². The third kappa shape index (κ3) is 2.71. The van der Waals surface area contributed by atoms with Crippen molar-refractivity contribution in [2.75, 3.05) is 12.4 Å². The number of hydrogen-bond donors (Lipinski definition) is 0. The van der Waals surface area contributed by atoms with E-state index in [0.717, 1.165) is 22.5 Å². The fourth-order valence-corrected chi connectivity index (χ4v) is 2.62. The lowest BCUT2D eigenvalue weighted by Crippen LogP contribution is -2.01. The fourth-order valence-electron chi connectivity index (χ4n) is 2.06. The molecule has 0 radical (unpaired) electrons. The van der Waals surface area contributed by atoms with Crippen molar-refractivity contribution in [1.82, 2.24) is 19.7 Å². The molecule has 0 aliphatic carbocycles. The van der Waals surface area contributed by atoms with Gasteiger partial charge in [0, 0.05) is 0 Å². The number of rotatable bonds is 5. The zero-order valence-electron chi connectivity index (χ0n) is 12.0. The van der Waals surface area contributed by atoms with E-state index in [-0.39, 0.29) is 0 Å². The third-order valence-corrected chi connectivity index (χ3v) is 3.66. The summed E-state index contributed by atoms with van der Waals surface area (Å²) >= 11 is 1.59. The van der Waals surface area contributed by atoms with Gasteiger partial charge in [-0.2, -0.15) is 10.1 Å². The minimum atomic E-state index is 0.568. The van der Waals surface area contributed by atoms with Crippen LogP contribution in [0.25, 0.3) is 16.7 Å². The Kier molecular flexibility index (Phi) is 4.06. The maximum Gasteiger partial charge on any atom is 0.228 e. The molecule has 3 aromatic rings. The molecule has 0 aliphatic rings. The minimum Gasteiger partial charge on any atom is -0.477 e. The Labute approximate surface area is 127 Å². The molecule has 0 bridgehead atoms. The molecule has 0 atom stereocenters. The first-order valence-corrected chi connectivity index (χ1v) is 7.88. The van der Waals surface area contributed by atoms with Crippen molar-refractivity contribution in [2.24, 2.45) is 0 Å². The molecule has 2 aromatic heterocycles. The van der Waals surface area contributed by atoms with Crippen LogP contribution in [0.1, 0.15) is 13.8 Å². The van der Waals surface area contributed by atoms with Crippen LogP contribution in [0.2, 0.25) is 0 Å². The lowest BCUT2D eigenvalue weighted by Gasteiger charge is -2.07. The molecule has 0 spiro atoms. The molecular weight excluding hydrogens is 284 g/mol. The van der Waals surface area contributed by atoms with Crippen molar-refractivity contribution < 1.29 is 4.74 Å². The second-order valence-corrected chi connectivity index (χ2v) is 5.54. The van der Waals surface area contributed by atoms with Gasteiger partial charge in [-0.15, -0.1) is 0 Å². The molecule has 21 heavy (non-hydrogen) atoms. The first-order chi connectivity index (χ1) is 10.3. The van der Waals surface area contributed by atoms with Gasteiger partial charge in [0.25, 0.3) is 0 Å². The summed E-state index contributed by atoms with van der Waals surface area (Å²) in [6.07, 6.45) is 1.76. The summed E-state index contributed by atoms with van der Waals surface area (Å²) in [5.74, 6) is 1.51. The average molecular weight is 300 g/mol. The summed E-state index contributed by atoms with van der Waals surface area (Å²) in [4.78, 5) is 9.08. The molecule has 3 rings (SSSR count). The first kappa shape index (κ1) is 13.9. The van der Waals surface area contributed by atoms with Crippen LogP contribution in [0.5, 0.6) is 5.88 Å². The largest absolute Gasteiger partial charge is 0.477 e.